The minimum absolute atomic E-state index is 0.522. The molecule has 0 aromatic heterocycles. The molecule has 4 aliphatic rings. The van der Waals surface area contributed by atoms with Gasteiger partial charge in [-0.15, -0.1) is 0 Å². The average Bonchev–Trinajstić information content (AvgIpc) is 3.15. The van der Waals surface area contributed by atoms with Crippen LogP contribution in [-0.2, 0) is 35.4 Å². The first kappa shape index (κ1) is 48.3. The highest BCUT2D eigenvalue weighted by Gasteiger charge is 2.45. The predicted molar refractivity (Wildman–Crippen MR) is 241 cm³/mol. The molecule has 0 amide bonds. The number of benzene rings is 2. The van der Waals surface area contributed by atoms with E-state index in [9.17, 15) is 0 Å². The average molecular weight is 841 g/mol. The van der Waals surface area contributed by atoms with Crippen molar-refractivity contribution >= 4 is 44.6 Å². The van der Waals surface area contributed by atoms with Crippen LogP contribution >= 0.6 is 0 Å². The molecule has 0 fully saturated rings. The molecule has 12 heteroatoms. The molecule has 8 nitrogen and oxygen atoms in total. The van der Waals surface area contributed by atoms with Crippen molar-refractivity contribution in [1.29, 1.82) is 0 Å². The number of hydrogen-bond donors (Lipinski definition) is 0. The summed E-state index contributed by atoms with van der Waals surface area (Å²) in [6.07, 6.45) is 20.9. The molecule has 0 radical (unpaired) electrons. The molecule has 0 bridgehead atoms. The van der Waals surface area contributed by atoms with Gasteiger partial charge in [-0.05, 0) is 72.3 Å². The summed E-state index contributed by atoms with van der Waals surface area (Å²) in [6.45, 7) is 23.3. The Balaban J connectivity index is 0.000000208. The van der Waals surface area contributed by atoms with E-state index in [1.165, 1.54) is 10.4 Å². The van der Waals surface area contributed by atoms with Crippen molar-refractivity contribution in [3.63, 3.8) is 0 Å². The van der Waals surface area contributed by atoms with Crippen molar-refractivity contribution in [2.24, 2.45) is 0 Å². The highest BCUT2D eigenvalue weighted by molar-refractivity contribution is 6.92. The third-order valence-electron chi connectivity index (χ3n) is 10.0. The van der Waals surface area contributed by atoms with Crippen LogP contribution in [-0.4, -0.2) is 87.1 Å². The molecule has 0 aliphatic carbocycles. The summed E-state index contributed by atoms with van der Waals surface area (Å²) < 4.78 is 47.3. The lowest BCUT2D eigenvalue weighted by atomic mass is 10.4. The Morgan fingerprint density at radius 3 is 1.34 bits per heavy atom. The summed E-state index contributed by atoms with van der Waals surface area (Å²) in [6, 6.07) is 22.9. The number of hydrogen-bond acceptors (Lipinski definition) is 8. The van der Waals surface area contributed by atoms with Gasteiger partial charge in [0.05, 0.1) is 26.4 Å². The van der Waals surface area contributed by atoms with Crippen molar-refractivity contribution in [2.45, 2.75) is 103 Å². The molecule has 0 atom stereocenters. The van der Waals surface area contributed by atoms with Crippen LogP contribution in [0.1, 0.15) is 67.2 Å². The zero-order valence-electron chi connectivity index (χ0n) is 35.7. The summed E-state index contributed by atoms with van der Waals surface area (Å²) in [5, 5.41) is 2.34. The second kappa shape index (κ2) is 26.1. The van der Waals surface area contributed by atoms with E-state index in [2.05, 4.69) is 128 Å². The SMILES string of the molecule is C1=C\CO[Si](c2ccccc2)(c2ccccc2)OCC/1.CC(C)[Si]1(C(C)C)OC/C=C\CCO1.CC[Si]1(CC)OC/C=C\CCO1.C[Si]1(C)OC/C=C\CCO1. The summed E-state index contributed by atoms with van der Waals surface area (Å²) in [5.74, 6) is 0. The molecule has 6 rings (SSSR count). The highest BCUT2D eigenvalue weighted by atomic mass is 28.4. The maximum Gasteiger partial charge on any atom is 0.407 e. The van der Waals surface area contributed by atoms with E-state index in [4.69, 9.17) is 35.4 Å². The smallest absolute Gasteiger partial charge is 0.394 e. The normalized spacial score (nSPS) is 23.9. The molecule has 56 heavy (non-hydrogen) atoms. The van der Waals surface area contributed by atoms with E-state index in [-0.39, 0.29) is 0 Å². The summed E-state index contributed by atoms with van der Waals surface area (Å²) in [7, 11) is -8.03. The third-order valence-corrected chi connectivity index (χ3v) is 23.2. The van der Waals surface area contributed by atoms with Crippen LogP contribution in [0, 0.1) is 0 Å². The Bertz CT molecular complexity index is 1400. The quantitative estimate of drug-likeness (QED) is 0.211. The van der Waals surface area contributed by atoms with E-state index in [0.29, 0.717) is 24.3 Å². The van der Waals surface area contributed by atoms with Crippen molar-refractivity contribution < 1.29 is 35.4 Å². The zero-order valence-corrected chi connectivity index (χ0v) is 39.7. The minimum atomic E-state index is -2.57. The molecular formula is C44H72O8Si4. The summed E-state index contributed by atoms with van der Waals surface area (Å²) in [4.78, 5) is 0. The molecule has 0 spiro atoms. The van der Waals surface area contributed by atoms with E-state index in [1.54, 1.807) is 0 Å². The van der Waals surface area contributed by atoms with E-state index in [1.807, 2.05) is 36.4 Å². The first-order valence-electron chi connectivity index (χ1n) is 20.9. The largest absolute Gasteiger partial charge is 0.407 e. The lowest BCUT2D eigenvalue weighted by molar-refractivity contribution is 0.165. The van der Waals surface area contributed by atoms with Gasteiger partial charge in [0.25, 0.3) is 0 Å². The molecular weight excluding hydrogens is 769 g/mol. The van der Waals surface area contributed by atoms with Gasteiger partial charge >= 0.3 is 34.2 Å². The molecule has 2 aromatic rings. The van der Waals surface area contributed by atoms with Gasteiger partial charge < -0.3 is 35.4 Å². The van der Waals surface area contributed by atoms with Crippen LogP contribution in [0.4, 0.5) is 0 Å². The van der Waals surface area contributed by atoms with Gasteiger partial charge in [-0.3, -0.25) is 0 Å². The van der Waals surface area contributed by atoms with Crippen LogP contribution in [0.2, 0.25) is 36.3 Å². The Hall–Kier alpha value is -2.05. The van der Waals surface area contributed by atoms with Gasteiger partial charge in [-0.1, -0.05) is 151 Å². The minimum Gasteiger partial charge on any atom is -0.394 e. The van der Waals surface area contributed by atoms with Gasteiger partial charge in [0.2, 0.25) is 0 Å². The van der Waals surface area contributed by atoms with Gasteiger partial charge in [-0.25, -0.2) is 0 Å². The highest BCUT2D eigenvalue weighted by Crippen LogP contribution is 2.35. The molecule has 4 heterocycles. The van der Waals surface area contributed by atoms with Crippen LogP contribution in [0.15, 0.2) is 109 Å². The van der Waals surface area contributed by atoms with Crippen LogP contribution in [0.25, 0.3) is 0 Å². The fourth-order valence-electron chi connectivity index (χ4n) is 6.75. The van der Waals surface area contributed by atoms with Crippen LogP contribution in [0.5, 0.6) is 0 Å². The standard InChI is InChI=1S/C17H18O2Si.C11H22O2Si.C9H18O2Si.C7H14O2Si/c1-4-10-16(11-5-1)20(17-12-6-2-7-13-17)18-14-8-3-9-15-19-20;1-10(2)14(11(3)4)12-8-6-5-7-9-13-14;1-3-12(4-2)10-8-6-5-7-9-11-12;1-10(2)8-6-4-3-5-7-9-10/h1-8,10-13H,9,14-15H2;5-6,10-11H,7-9H2,1-4H3;5-6H,3-4,7-9H2,1-2H3;3-4H,5-7H2,1-2H3/b8-3-;2*6-5-;4-3-. The molecule has 4 aliphatic heterocycles. The first-order valence-corrected chi connectivity index (χ1v) is 29.7. The maximum absolute atomic E-state index is 6.31. The topological polar surface area (TPSA) is 73.8 Å². The maximum atomic E-state index is 6.31. The fraction of sp³-hybridized carbons (Fsp3) is 0.545. The monoisotopic (exact) mass is 840 g/mol. The van der Waals surface area contributed by atoms with Crippen molar-refractivity contribution in [3.05, 3.63) is 109 Å². The summed E-state index contributed by atoms with van der Waals surface area (Å²) in [5.41, 5.74) is 1.04. The molecule has 0 saturated heterocycles. The van der Waals surface area contributed by atoms with Gasteiger partial charge in [0.15, 0.2) is 0 Å². The van der Waals surface area contributed by atoms with Crippen LogP contribution in [0.3, 0.4) is 0 Å². The van der Waals surface area contributed by atoms with Crippen molar-refractivity contribution in [2.75, 3.05) is 52.9 Å². The van der Waals surface area contributed by atoms with Crippen molar-refractivity contribution in [1.82, 2.24) is 0 Å². The first-order chi connectivity index (χ1) is 27.0. The van der Waals surface area contributed by atoms with Gasteiger partial charge in [0, 0.05) is 26.4 Å². The van der Waals surface area contributed by atoms with Crippen molar-refractivity contribution in [3.8, 4) is 0 Å². The van der Waals surface area contributed by atoms with E-state index < -0.39 is 34.2 Å². The number of rotatable bonds is 6. The Kier molecular flexibility index (Phi) is 22.5. The lowest BCUT2D eigenvalue weighted by Crippen LogP contribution is -2.63. The van der Waals surface area contributed by atoms with E-state index in [0.717, 1.165) is 77.4 Å². The molecule has 312 valence electrons. The van der Waals surface area contributed by atoms with Gasteiger partial charge in [0.1, 0.15) is 0 Å². The zero-order chi connectivity index (χ0) is 40.6. The summed E-state index contributed by atoms with van der Waals surface area (Å²) >= 11 is 0. The Morgan fingerprint density at radius 2 is 0.857 bits per heavy atom. The third kappa shape index (κ3) is 15.9. The lowest BCUT2D eigenvalue weighted by Gasteiger charge is -2.37. The van der Waals surface area contributed by atoms with E-state index >= 15 is 0 Å². The predicted octanol–water partition coefficient (Wildman–Crippen LogP) is 9.62. The second-order valence-corrected chi connectivity index (χ2v) is 29.6. The Morgan fingerprint density at radius 1 is 0.446 bits per heavy atom. The molecule has 0 saturated carbocycles. The molecule has 0 N–H and O–H groups in total. The van der Waals surface area contributed by atoms with Crippen LogP contribution < -0.4 is 10.4 Å². The Labute approximate surface area is 344 Å². The molecule has 0 unspecified atom stereocenters. The second-order valence-electron chi connectivity index (χ2n) is 15.1. The van der Waals surface area contributed by atoms with Gasteiger partial charge in [-0.2, -0.15) is 0 Å². The fourth-order valence-corrected chi connectivity index (χ4v) is 16.9. The molecule has 2 aromatic carbocycles.